The lowest BCUT2D eigenvalue weighted by Crippen LogP contribution is -2.17. The zero-order valence-corrected chi connectivity index (χ0v) is 14.8. The number of alkyl halides is 1. The molecule has 1 unspecified atom stereocenters. The fourth-order valence-electron chi connectivity index (χ4n) is 2.02. The molecular weight excluding hydrogens is 346 g/mol. The van der Waals surface area contributed by atoms with Crippen LogP contribution in [0.1, 0.15) is 22.8 Å². The van der Waals surface area contributed by atoms with E-state index in [9.17, 15) is 4.79 Å². The van der Waals surface area contributed by atoms with Gasteiger partial charge < -0.3 is 19.0 Å². The van der Waals surface area contributed by atoms with Gasteiger partial charge in [-0.3, -0.25) is 0 Å². The number of hydrogen-bond acceptors (Lipinski definition) is 6. The van der Waals surface area contributed by atoms with Crippen LogP contribution >= 0.6 is 11.6 Å². The van der Waals surface area contributed by atoms with Crippen LogP contribution in [0.5, 0.6) is 11.5 Å². The third kappa shape index (κ3) is 4.87. The number of esters is 1. The SMILES string of the molecule is COc1cccc(OC)c1/C(=N/OC(C)Cl)OC(=O)c1ccccc1. The minimum absolute atomic E-state index is 0.115. The van der Waals surface area contributed by atoms with Crippen molar-refractivity contribution in [2.24, 2.45) is 5.16 Å². The minimum Gasteiger partial charge on any atom is -0.496 e. The Bertz CT molecular complexity index is 724. The number of methoxy groups -OCH3 is 2. The van der Waals surface area contributed by atoms with E-state index in [1.54, 1.807) is 55.5 Å². The van der Waals surface area contributed by atoms with Crippen LogP contribution in [0.2, 0.25) is 0 Å². The van der Waals surface area contributed by atoms with E-state index < -0.39 is 11.5 Å². The summed E-state index contributed by atoms with van der Waals surface area (Å²) in [7, 11) is 2.97. The Morgan fingerprint density at radius 3 is 2.12 bits per heavy atom. The zero-order chi connectivity index (χ0) is 18.2. The predicted molar refractivity (Wildman–Crippen MR) is 94.3 cm³/mol. The summed E-state index contributed by atoms with van der Waals surface area (Å²) in [6, 6.07) is 13.6. The fraction of sp³-hybridized carbons (Fsp3) is 0.222. The van der Waals surface area contributed by atoms with E-state index >= 15 is 0 Å². The van der Waals surface area contributed by atoms with Crippen molar-refractivity contribution in [3.8, 4) is 11.5 Å². The van der Waals surface area contributed by atoms with Crippen molar-refractivity contribution < 1.29 is 23.8 Å². The summed E-state index contributed by atoms with van der Waals surface area (Å²) in [5.41, 5.74) is -0.0109. The summed E-state index contributed by atoms with van der Waals surface area (Å²) in [6.45, 7) is 1.58. The van der Waals surface area contributed by atoms with Crippen LogP contribution in [0.3, 0.4) is 0 Å². The molecule has 0 aromatic heterocycles. The fourth-order valence-corrected chi connectivity index (χ4v) is 2.06. The first-order valence-corrected chi connectivity index (χ1v) is 7.87. The molecule has 7 heteroatoms. The maximum atomic E-state index is 12.4. The molecule has 6 nitrogen and oxygen atoms in total. The Morgan fingerprint density at radius 1 is 1.00 bits per heavy atom. The minimum atomic E-state index is -0.717. The topological polar surface area (TPSA) is 66.3 Å². The number of ether oxygens (including phenoxy) is 3. The molecule has 0 saturated carbocycles. The average molecular weight is 364 g/mol. The van der Waals surface area contributed by atoms with Gasteiger partial charge in [-0.1, -0.05) is 35.9 Å². The van der Waals surface area contributed by atoms with Crippen LogP contribution in [0, 0.1) is 0 Å². The van der Waals surface area contributed by atoms with E-state index in [2.05, 4.69) is 5.16 Å². The lowest BCUT2D eigenvalue weighted by atomic mass is 10.1. The number of carbonyl (C=O) groups is 1. The second-order valence-electron chi connectivity index (χ2n) is 4.84. The number of hydrogen-bond donors (Lipinski definition) is 0. The van der Waals surface area contributed by atoms with Gasteiger partial charge in [0.25, 0.3) is 5.90 Å². The lowest BCUT2D eigenvalue weighted by molar-refractivity contribution is 0.0682. The quantitative estimate of drug-likeness (QED) is 0.256. The molecule has 0 radical (unpaired) electrons. The molecule has 0 aliphatic carbocycles. The highest BCUT2D eigenvalue weighted by Crippen LogP contribution is 2.30. The molecule has 2 aromatic carbocycles. The molecule has 0 aliphatic rings. The highest BCUT2D eigenvalue weighted by molar-refractivity contribution is 6.19. The molecular formula is C18H18ClNO5. The van der Waals surface area contributed by atoms with Gasteiger partial charge in [-0.15, -0.1) is 0 Å². The van der Waals surface area contributed by atoms with Crippen molar-refractivity contribution in [2.75, 3.05) is 14.2 Å². The van der Waals surface area contributed by atoms with Gasteiger partial charge >= 0.3 is 5.97 Å². The molecule has 2 aromatic rings. The number of carbonyl (C=O) groups excluding carboxylic acids is 1. The normalized spacial score (nSPS) is 12.2. The van der Waals surface area contributed by atoms with Crippen LogP contribution in [0.25, 0.3) is 0 Å². The van der Waals surface area contributed by atoms with Crippen molar-refractivity contribution >= 4 is 23.5 Å². The molecule has 132 valence electrons. The molecule has 25 heavy (non-hydrogen) atoms. The summed E-state index contributed by atoms with van der Waals surface area (Å²) in [5.74, 6) is 0.100. The maximum absolute atomic E-state index is 12.4. The Hall–Kier alpha value is -2.73. The molecule has 0 saturated heterocycles. The van der Waals surface area contributed by atoms with Gasteiger partial charge in [0.05, 0.1) is 19.8 Å². The largest absolute Gasteiger partial charge is 0.496 e. The van der Waals surface area contributed by atoms with E-state index in [1.165, 1.54) is 14.2 Å². The first kappa shape index (κ1) is 18.6. The number of rotatable bonds is 6. The van der Waals surface area contributed by atoms with E-state index in [-0.39, 0.29) is 5.90 Å². The average Bonchev–Trinajstić information content (AvgIpc) is 2.64. The third-order valence-electron chi connectivity index (χ3n) is 3.12. The van der Waals surface area contributed by atoms with Crippen LogP contribution in [0.15, 0.2) is 53.7 Å². The molecule has 0 heterocycles. The maximum Gasteiger partial charge on any atom is 0.344 e. The molecule has 0 amide bonds. The Labute approximate surface area is 150 Å². The van der Waals surface area contributed by atoms with Gasteiger partial charge in [-0.25, -0.2) is 4.79 Å². The van der Waals surface area contributed by atoms with Gasteiger partial charge in [0, 0.05) is 0 Å². The van der Waals surface area contributed by atoms with Crippen molar-refractivity contribution in [1.82, 2.24) is 0 Å². The summed E-state index contributed by atoms with van der Waals surface area (Å²) < 4.78 is 16.1. The van der Waals surface area contributed by atoms with Gasteiger partial charge in [0.15, 0.2) is 5.56 Å². The second kappa shape index (κ2) is 8.94. The number of nitrogens with zero attached hydrogens (tertiary/aromatic N) is 1. The van der Waals surface area contributed by atoms with Crippen LogP contribution in [0.4, 0.5) is 0 Å². The smallest absolute Gasteiger partial charge is 0.344 e. The Morgan fingerprint density at radius 2 is 1.60 bits per heavy atom. The van der Waals surface area contributed by atoms with Gasteiger partial charge in [-0.05, 0) is 36.3 Å². The summed E-state index contributed by atoms with van der Waals surface area (Å²) in [4.78, 5) is 17.5. The molecule has 0 bridgehead atoms. The zero-order valence-electron chi connectivity index (χ0n) is 14.1. The van der Waals surface area contributed by atoms with Gasteiger partial charge in [0.1, 0.15) is 17.1 Å². The Balaban J connectivity index is 2.44. The first-order valence-electron chi connectivity index (χ1n) is 7.43. The summed E-state index contributed by atoms with van der Waals surface area (Å²) >= 11 is 5.78. The van der Waals surface area contributed by atoms with E-state index in [4.69, 9.17) is 30.6 Å². The van der Waals surface area contributed by atoms with E-state index in [1.807, 2.05) is 0 Å². The number of benzene rings is 2. The molecule has 2 rings (SSSR count). The molecule has 0 spiro atoms. The highest BCUT2D eigenvalue weighted by atomic mass is 35.5. The van der Waals surface area contributed by atoms with Crippen molar-refractivity contribution in [1.29, 1.82) is 0 Å². The van der Waals surface area contributed by atoms with Crippen molar-refractivity contribution in [3.05, 3.63) is 59.7 Å². The van der Waals surface area contributed by atoms with Gasteiger partial charge in [0.2, 0.25) is 0 Å². The van der Waals surface area contributed by atoms with E-state index in [0.29, 0.717) is 22.6 Å². The predicted octanol–water partition coefficient (Wildman–Crippen LogP) is 3.82. The first-order chi connectivity index (χ1) is 12.1. The lowest BCUT2D eigenvalue weighted by Gasteiger charge is -2.15. The third-order valence-corrected chi connectivity index (χ3v) is 3.20. The van der Waals surface area contributed by atoms with E-state index in [0.717, 1.165) is 0 Å². The monoisotopic (exact) mass is 363 g/mol. The molecule has 0 fully saturated rings. The number of oxime groups is 1. The van der Waals surface area contributed by atoms with Crippen LogP contribution in [-0.2, 0) is 9.57 Å². The standard InChI is InChI=1S/C18H18ClNO5/c1-12(19)25-20-17(24-18(21)13-8-5-4-6-9-13)16-14(22-2)10-7-11-15(16)23-3/h4-12H,1-3H3/b20-17-. The Kier molecular flexibility index (Phi) is 6.65. The van der Waals surface area contributed by atoms with Crippen molar-refractivity contribution in [2.45, 2.75) is 12.5 Å². The van der Waals surface area contributed by atoms with Crippen molar-refractivity contribution in [3.63, 3.8) is 0 Å². The molecule has 0 aliphatic heterocycles. The second-order valence-corrected chi connectivity index (χ2v) is 5.45. The van der Waals surface area contributed by atoms with Gasteiger partial charge in [-0.2, -0.15) is 0 Å². The van der Waals surface area contributed by atoms with Crippen LogP contribution < -0.4 is 9.47 Å². The highest BCUT2D eigenvalue weighted by Gasteiger charge is 2.22. The molecule has 0 N–H and O–H groups in total. The summed E-state index contributed by atoms with van der Waals surface area (Å²) in [6.07, 6.45) is 0. The molecule has 1 atom stereocenters. The number of halogens is 1. The summed E-state index contributed by atoms with van der Waals surface area (Å²) in [5, 5.41) is 3.86. The van der Waals surface area contributed by atoms with Crippen LogP contribution in [-0.4, -0.2) is 31.6 Å².